The number of fused-ring (bicyclic) bond motifs is 1. The summed E-state index contributed by atoms with van der Waals surface area (Å²) in [4.78, 5) is 0. The van der Waals surface area contributed by atoms with Gasteiger partial charge in [0, 0.05) is 11.1 Å². The van der Waals surface area contributed by atoms with E-state index in [0.717, 1.165) is 0 Å². The highest BCUT2D eigenvalue weighted by Gasteiger charge is 2.32. The molecule has 0 saturated carbocycles. The topological polar surface area (TPSA) is 8.81 Å². The lowest BCUT2D eigenvalue weighted by atomic mass is 9.88. The van der Waals surface area contributed by atoms with E-state index in [0.29, 0.717) is 11.8 Å². The lowest BCUT2D eigenvalue weighted by molar-refractivity contribution is -0.633. The monoisotopic (exact) mass is 531 g/mol. The maximum absolute atomic E-state index is 2.57. The van der Waals surface area contributed by atoms with Gasteiger partial charge in [0.15, 0.2) is 11.0 Å². The van der Waals surface area contributed by atoms with Crippen LogP contribution in [0.4, 0.5) is 0 Å². The Morgan fingerprint density at radius 1 is 0.692 bits per heavy atom. The molecule has 0 aliphatic rings. The van der Waals surface area contributed by atoms with E-state index in [1.54, 1.807) is 0 Å². The Morgan fingerprint density at radius 2 is 1.28 bits per heavy atom. The fraction of sp³-hybridized carbons (Fsp3) is 0.306. The van der Waals surface area contributed by atoms with Crippen LogP contribution < -0.4 is 9.75 Å². The summed E-state index contributed by atoms with van der Waals surface area (Å²) < 4.78 is 4.98. The lowest BCUT2D eigenvalue weighted by Crippen LogP contribution is -2.38. The SMILES string of the molecule is Cc1ccc([Si](C)(C)C)cc1-c1n(-c2c(C(C)C)cc(-c3ccccc3)cc2C(C)C)c2ccccc2[n+]1C. The Morgan fingerprint density at radius 3 is 1.87 bits per heavy atom. The normalized spacial score (nSPS) is 12.2. The molecule has 1 heterocycles. The Labute approximate surface area is 236 Å². The van der Waals surface area contributed by atoms with Gasteiger partial charge in [0.05, 0.1) is 20.7 Å². The average molecular weight is 532 g/mol. The van der Waals surface area contributed by atoms with E-state index in [-0.39, 0.29) is 0 Å². The first-order valence-electron chi connectivity index (χ1n) is 14.3. The van der Waals surface area contributed by atoms with Crippen molar-refractivity contribution in [2.45, 2.75) is 66.1 Å². The van der Waals surface area contributed by atoms with Gasteiger partial charge in [0.25, 0.3) is 5.82 Å². The molecule has 0 fully saturated rings. The molecule has 0 saturated heterocycles. The summed E-state index contributed by atoms with van der Waals surface area (Å²) in [5.41, 5.74) is 11.8. The molecule has 0 bridgehead atoms. The number of rotatable bonds is 6. The zero-order chi connectivity index (χ0) is 28.1. The fourth-order valence-electron chi connectivity index (χ4n) is 5.79. The molecule has 2 nitrogen and oxygen atoms in total. The number of aryl methyl sites for hydroxylation is 2. The van der Waals surface area contributed by atoms with E-state index in [1.165, 1.54) is 61.1 Å². The summed E-state index contributed by atoms with van der Waals surface area (Å²) in [6.07, 6.45) is 0. The van der Waals surface area contributed by atoms with Gasteiger partial charge in [0.1, 0.15) is 5.69 Å². The highest BCUT2D eigenvalue weighted by atomic mass is 28.3. The van der Waals surface area contributed by atoms with Gasteiger partial charge >= 0.3 is 0 Å². The van der Waals surface area contributed by atoms with Crippen molar-refractivity contribution in [3.63, 3.8) is 0 Å². The van der Waals surface area contributed by atoms with E-state index < -0.39 is 8.07 Å². The Bertz CT molecular complexity index is 1620. The summed E-state index contributed by atoms with van der Waals surface area (Å²) >= 11 is 0. The number of nitrogens with zero attached hydrogens (tertiary/aromatic N) is 2. The molecule has 0 radical (unpaired) electrons. The van der Waals surface area contributed by atoms with E-state index in [1.807, 2.05) is 0 Å². The fourth-order valence-corrected chi connectivity index (χ4v) is 6.95. The second-order valence-electron chi connectivity index (χ2n) is 12.7. The van der Waals surface area contributed by atoms with Gasteiger partial charge in [-0.15, -0.1) is 0 Å². The van der Waals surface area contributed by atoms with Crippen LogP contribution in [0.25, 0.3) is 39.2 Å². The maximum atomic E-state index is 2.57. The average Bonchev–Trinajstić information content (AvgIpc) is 3.19. The lowest BCUT2D eigenvalue weighted by Gasteiger charge is -2.21. The minimum atomic E-state index is -1.49. The zero-order valence-corrected chi connectivity index (χ0v) is 26.1. The van der Waals surface area contributed by atoms with E-state index in [4.69, 9.17) is 0 Å². The molecule has 1 aromatic heterocycles. The van der Waals surface area contributed by atoms with Gasteiger partial charge in [-0.2, -0.15) is 4.57 Å². The van der Waals surface area contributed by atoms with Crippen molar-refractivity contribution in [1.82, 2.24) is 4.57 Å². The number of para-hydroxylation sites is 2. The molecule has 0 aliphatic heterocycles. The predicted octanol–water partition coefficient (Wildman–Crippen LogP) is 8.89. The van der Waals surface area contributed by atoms with Crippen molar-refractivity contribution >= 4 is 24.3 Å². The smallest absolute Gasteiger partial charge is 0.225 e. The zero-order valence-electron chi connectivity index (χ0n) is 25.1. The van der Waals surface area contributed by atoms with Crippen LogP contribution in [0.3, 0.4) is 0 Å². The third kappa shape index (κ3) is 4.89. The first-order valence-corrected chi connectivity index (χ1v) is 17.8. The quantitative estimate of drug-likeness (QED) is 0.153. The minimum absolute atomic E-state index is 0.370. The van der Waals surface area contributed by atoms with Crippen LogP contribution in [0.2, 0.25) is 19.6 Å². The third-order valence-electron chi connectivity index (χ3n) is 8.10. The van der Waals surface area contributed by atoms with E-state index in [9.17, 15) is 0 Å². The van der Waals surface area contributed by atoms with Crippen molar-refractivity contribution in [2.24, 2.45) is 7.05 Å². The molecule has 0 spiro atoms. The number of benzene rings is 4. The highest BCUT2D eigenvalue weighted by Crippen LogP contribution is 2.40. The summed E-state index contributed by atoms with van der Waals surface area (Å²) in [6, 6.07) is 31.7. The van der Waals surface area contributed by atoms with Crippen LogP contribution in [0.1, 0.15) is 56.2 Å². The van der Waals surface area contributed by atoms with Gasteiger partial charge in [-0.25, -0.2) is 4.57 Å². The molecule has 0 atom stereocenters. The van der Waals surface area contributed by atoms with E-state index in [2.05, 4.69) is 155 Å². The van der Waals surface area contributed by atoms with Crippen LogP contribution in [-0.2, 0) is 7.05 Å². The largest absolute Gasteiger partial charge is 0.295 e. The van der Waals surface area contributed by atoms with Gasteiger partial charge < -0.3 is 0 Å². The van der Waals surface area contributed by atoms with Gasteiger partial charge in [-0.05, 0) is 65.8 Å². The molecule has 5 aromatic rings. The van der Waals surface area contributed by atoms with Crippen molar-refractivity contribution < 1.29 is 4.57 Å². The van der Waals surface area contributed by atoms with E-state index >= 15 is 0 Å². The molecule has 4 aromatic carbocycles. The summed E-state index contributed by atoms with van der Waals surface area (Å²) in [5, 5.41) is 1.49. The molecule has 0 N–H and O–H groups in total. The van der Waals surface area contributed by atoms with Crippen molar-refractivity contribution in [1.29, 1.82) is 0 Å². The molecule has 0 unspecified atom stereocenters. The Kier molecular flexibility index (Phi) is 7.15. The number of hydrogen-bond donors (Lipinski definition) is 0. The molecule has 0 aliphatic carbocycles. The third-order valence-corrected chi connectivity index (χ3v) is 10.1. The maximum Gasteiger partial charge on any atom is 0.295 e. The van der Waals surface area contributed by atoms with Gasteiger partial charge in [0.2, 0.25) is 0 Å². The summed E-state index contributed by atoms with van der Waals surface area (Å²) in [6.45, 7) is 18.9. The van der Waals surface area contributed by atoms with Crippen LogP contribution in [0.15, 0.2) is 84.9 Å². The summed E-state index contributed by atoms with van der Waals surface area (Å²) in [7, 11) is 0.739. The second kappa shape index (κ2) is 10.3. The first kappa shape index (κ1) is 27.1. The van der Waals surface area contributed by atoms with Gasteiger partial charge in [-0.1, -0.05) is 107 Å². The van der Waals surface area contributed by atoms with Crippen LogP contribution >= 0.6 is 0 Å². The predicted molar refractivity (Wildman–Crippen MR) is 171 cm³/mol. The molecule has 200 valence electrons. The first-order chi connectivity index (χ1) is 18.5. The molecule has 3 heteroatoms. The van der Waals surface area contributed by atoms with Crippen molar-refractivity contribution in [3.8, 4) is 28.2 Å². The standard InChI is InChI=1S/C36H43N2Si/c1-24(2)30-21-28(27-15-11-10-12-16-27)22-31(25(3)4)35(30)38-34-18-14-13-17-33(34)37(6)36(38)32-23-29(39(7,8)9)20-19-26(32)5/h10-25H,1-9H3/q+1. The molecule has 0 amide bonds. The Balaban J connectivity index is 1.94. The summed E-state index contributed by atoms with van der Waals surface area (Å²) in [5.74, 6) is 2.00. The van der Waals surface area contributed by atoms with Crippen molar-refractivity contribution in [3.05, 3.63) is 102 Å². The second-order valence-corrected chi connectivity index (χ2v) is 17.7. The van der Waals surface area contributed by atoms with Crippen LogP contribution in [-0.4, -0.2) is 12.6 Å². The minimum Gasteiger partial charge on any atom is -0.225 e. The highest BCUT2D eigenvalue weighted by molar-refractivity contribution is 6.88. The molecule has 5 rings (SSSR count). The van der Waals surface area contributed by atoms with Crippen molar-refractivity contribution in [2.75, 3.05) is 0 Å². The molecule has 39 heavy (non-hydrogen) atoms. The molecular formula is C36H43N2Si+. The Hall–Kier alpha value is -3.43. The van der Waals surface area contributed by atoms with Crippen LogP contribution in [0, 0.1) is 6.92 Å². The van der Waals surface area contributed by atoms with Crippen LogP contribution in [0.5, 0.6) is 0 Å². The number of aromatic nitrogens is 2. The number of hydrogen-bond acceptors (Lipinski definition) is 0. The van der Waals surface area contributed by atoms with Gasteiger partial charge in [-0.3, -0.25) is 0 Å². The molecular weight excluding hydrogens is 488 g/mol. The number of imidazole rings is 1.